The predicted octanol–water partition coefficient (Wildman–Crippen LogP) is 5.68. The van der Waals surface area contributed by atoms with E-state index >= 15 is 0 Å². The van der Waals surface area contributed by atoms with Crippen molar-refractivity contribution in [3.8, 4) is 5.75 Å². The van der Waals surface area contributed by atoms with Crippen LogP contribution in [0.2, 0.25) is 0 Å². The molecular formula is C18H20BrFO. The van der Waals surface area contributed by atoms with Crippen LogP contribution >= 0.6 is 15.9 Å². The molecule has 0 aromatic heterocycles. The maximum absolute atomic E-state index is 12.9. The van der Waals surface area contributed by atoms with Gasteiger partial charge in [-0.25, -0.2) is 4.39 Å². The monoisotopic (exact) mass is 350 g/mol. The van der Waals surface area contributed by atoms with Crippen molar-refractivity contribution in [2.24, 2.45) is 0 Å². The van der Waals surface area contributed by atoms with Gasteiger partial charge in [-0.2, -0.15) is 0 Å². The van der Waals surface area contributed by atoms with Crippen LogP contribution in [-0.4, -0.2) is 6.61 Å². The van der Waals surface area contributed by atoms with Gasteiger partial charge >= 0.3 is 0 Å². The molecule has 2 aromatic rings. The lowest BCUT2D eigenvalue weighted by Gasteiger charge is -2.12. The summed E-state index contributed by atoms with van der Waals surface area (Å²) in [4.78, 5) is 0.215. The summed E-state index contributed by atoms with van der Waals surface area (Å²) in [5.41, 5.74) is 2.31. The number of rotatable bonds is 7. The minimum atomic E-state index is -0.196. The van der Waals surface area contributed by atoms with Crippen LogP contribution in [0.15, 0.2) is 48.5 Å². The molecule has 0 radical (unpaired) electrons. The first kappa shape index (κ1) is 16.0. The van der Waals surface area contributed by atoms with E-state index in [1.807, 2.05) is 24.3 Å². The number of hydrogen-bond acceptors (Lipinski definition) is 1. The van der Waals surface area contributed by atoms with Crippen molar-refractivity contribution >= 4 is 15.9 Å². The Morgan fingerprint density at radius 3 is 2.33 bits per heavy atom. The van der Waals surface area contributed by atoms with Gasteiger partial charge in [-0.05, 0) is 48.2 Å². The highest BCUT2D eigenvalue weighted by molar-refractivity contribution is 9.09. The lowest BCUT2D eigenvalue weighted by molar-refractivity contribution is 0.309. The number of benzene rings is 2. The fourth-order valence-electron chi connectivity index (χ4n) is 2.05. The first-order valence-corrected chi connectivity index (χ1v) is 8.22. The van der Waals surface area contributed by atoms with E-state index in [1.54, 1.807) is 0 Å². The van der Waals surface area contributed by atoms with Crippen LogP contribution in [0, 0.1) is 5.82 Å². The molecule has 21 heavy (non-hydrogen) atoms. The van der Waals surface area contributed by atoms with Gasteiger partial charge in [-0.3, -0.25) is 0 Å². The molecule has 0 fully saturated rings. The molecule has 1 nitrogen and oxygen atoms in total. The van der Waals surface area contributed by atoms with E-state index in [4.69, 9.17) is 4.74 Å². The zero-order valence-corrected chi connectivity index (χ0v) is 13.8. The van der Waals surface area contributed by atoms with Crippen molar-refractivity contribution in [1.82, 2.24) is 0 Å². The maximum Gasteiger partial charge on any atom is 0.123 e. The summed E-state index contributed by atoms with van der Waals surface area (Å²) in [5.74, 6) is 0.715. The number of unbranched alkanes of at least 4 members (excludes halogenated alkanes) is 1. The summed E-state index contributed by atoms with van der Waals surface area (Å²) in [6.45, 7) is 2.92. The van der Waals surface area contributed by atoms with Crippen molar-refractivity contribution in [3.63, 3.8) is 0 Å². The fraction of sp³-hybridized carbons (Fsp3) is 0.333. The Balaban J connectivity index is 1.93. The first-order chi connectivity index (χ1) is 10.2. The van der Waals surface area contributed by atoms with Crippen LogP contribution in [0.5, 0.6) is 5.75 Å². The van der Waals surface area contributed by atoms with Crippen LogP contribution in [0.25, 0.3) is 0 Å². The zero-order chi connectivity index (χ0) is 15.1. The molecule has 0 aliphatic rings. The van der Waals surface area contributed by atoms with Gasteiger partial charge in [0.1, 0.15) is 11.6 Å². The van der Waals surface area contributed by atoms with E-state index in [0.717, 1.165) is 37.2 Å². The summed E-state index contributed by atoms with van der Waals surface area (Å²) >= 11 is 3.70. The molecule has 1 atom stereocenters. The quantitative estimate of drug-likeness (QED) is 0.460. The van der Waals surface area contributed by atoms with E-state index in [0.29, 0.717) is 0 Å². The fourth-order valence-corrected chi connectivity index (χ4v) is 2.73. The molecule has 1 unspecified atom stereocenters. The molecule has 0 heterocycles. The smallest absolute Gasteiger partial charge is 0.123 e. The third-order valence-corrected chi connectivity index (χ3v) is 4.19. The Bertz CT molecular complexity index is 536. The lowest BCUT2D eigenvalue weighted by atomic mass is 10.0. The molecule has 0 amide bonds. The second-order valence-electron chi connectivity index (χ2n) is 5.07. The van der Waals surface area contributed by atoms with Crippen LogP contribution in [-0.2, 0) is 6.42 Å². The molecule has 112 valence electrons. The molecule has 0 bridgehead atoms. The van der Waals surface area contributed by atoms with Crippen molar-refractivity contribution in [1.29, 1.82) is 0 Å². The van der Waals surface area contributed by atoms with Gasteiger partial charge < -0.3 is 4.74 Å². The standard InChI is InChI=1S/C18H20BrFO/c1-2-3-12-21-17-10-6-15(7-11-17)18(19)13-14-4-8-16(20)9-5-14/h4-11,18H,2-3,12-13H2,1H3. The Morgan fingerprint density at radius 1 is 1.05 bits per heavy atom. The molecule has 2 aromatic carbocycles. The Kier molecular flexibility index (Phi) is 6.24. The first-order valence-electron chi connectivity index (χ1n) is 7.30. The average Bonchev–Trinajstić information content (AvgIpc) is 2.50. The van der Waals surface area contributed by atoms with Gasteiger partial charge in [0.15, 0.2) is 0 Å². The zero-order valence-electron chi connectivity index (χ0n) is 12.2. The van der Waals surface area contributed by atoms with E-state index in [9.17, 15) is 4.39 Å². The Morgan fingerprint density at radius 2 is 1.71 bits per heavy atom. The van der Waals surface area contributed by atoms with Crippen LogP contribution in [0.1, 0.15) is 35.7 Å². The van der Waals surface area contributed by atoms with E-state index in [1.165, 1.54) is 17.7 Å². The van der Waals surface area contributed by atoms with Crippen LogP contribution in [0.3, 0.4) is 0 Å². The predicted molar refractivity (Wildman–Crippen MR) is 88.6 cm³/mol. The molecule has 0 aliphatic carbocycles. The normalized spacial score (nSPS) is 12.1. The minimum absolute atomic E-state index is 0.196. The highest BCUT2D eigenvalue weighted by Crippen LogP contribution is 2.28. The largest absolute Gasteiger partial charge is 0.494 e. The van der Waals surface area contributed by atoms with E-state index < -0.39 is 0 Å². The topological polar surface area (TPSA) is 9.23 Å². The third kappa shape index (κ3) is 5.16. The van der Waals surface area contributed by atoms with Crippen molar-refractivity contribution in [3.05, 3.63) is 65.5 Å². The molecule has 0 saturated carbocycles. The van der Waals surface area contributed by atoms with E-state index in [-0.39, 0.29) is 10.6 Å². The summed E-state index contributed by atoms with van der Waals surface area (Å²) in [6.07, 6.45) is 3.04. The molecular weight excluding hydrogens is 331 g/mol. The summed E-state index contributed by atoms with van der Waals surface area (Å²) in [6, 6.07) is 14.8. The van der Waals surface area contributed by atoms with Crippen molar-refractivity contribution in [2.75, 3.05) is 6.61 Å². The average molecular weight is 351 g/mol. The third-order valence-electron chi connectivity index (χ3n) is 3.34. The lowest BCUT2D eigenvalue weighted by Crippen LogP contribution is -1.98. The van der Waals surface area contributed by atoms with Crippen LogP contribution < -0.4 is 4.74 Å². The van der Waals surface area contributed by atoms with Gasteiger partial charge in [-0.1, -0.05) is 53.5 Å². The molecule has 3 heteroatoms. The van der Waals surface area contributed by atoms with Gasteiger partial charge in [0.2, 0.25) is 0 Å². The summed E-state index contributed by atoms with van der Waals surface area (Å²) in [7, 11) is 0. The van der Waals surface area contributed by atoms with E-state index in [2.05, 4.69) is 35.0 Å². The molecule has 0 N–H and O–H groups in total. The molecule has 0 saturated heterocycles. The SMILES string of the molecule is CCCCOc1ccc(C(Br)Cc2ccc(F)cc2)cc1. The van der Waals surface area contributed by atoms with Gasteiger partial charge in [0.25, 0.3) is 0 Å². The summed E-state index contributed by atoms with van der Waals surface area (Å²) < 4.78 is 18.5. The van der Waals surface area contributed by atoms with Crippen molar-refractivity contribution < 1.29 is 9.13 Å². The maximum atomic E-state index is 12.9. The van der Waals surface area contributed by atoms with Crippen molar-refractivity contribution in [2.45, 2.75) is 31.0 Å². The van der Waals surface area contributed by atoms with Gasteiger partial charge in [0, 0.05) is 4.83 Å². The summed E-state index contributed by atoms with van der Waals surface area (Å²) in [5, 5.41) is 0. The molecule has 2 rings (SSSR count). The molecule has 0 aliphatic heterocycles. The second kappa shape index (κ2) is 8.18. The number of hydrogen-bond donors (Lipinski definition) is 0. The number of ether oxygens (including phenoxy) is 1. The van der Waals surface area contributed by atoms with Gasteiger partial charge in [0.05, 0.1) is 6.61 Å². The van der Waals surface area contributed by atoms with Crippen LogP contribution in [0.4, 0.5) is 4.39 Å². The molecule has 0 spiro atoms. The number of halogens is 2. The second-order valence-corrected chi connectivity index (χ2v) is 6.17. The highest BCUT2D eigenvalue weighted by atomic mass is 79.9. The highest BCUT2D eigenvalue weighted by Gasteiger charge is 2.09. The Hall–Kier alpha value is -1.35. The minimum Gasteiger partial charge on any atom is -0.494 e. The van der Waals surface area contributed by atoms with Gasteiger partial charge in [-0.15, -0.1) is 0 Å². The Labute approximate surface area is 134 Å². The number of alkyl halides is 1.